The Morgan fingerprint density at radius 3 is 1.82 bits per heavy atom. The minimum Gasteiger partial charge on any atom is -0.449 e. The number of fused-ring (bicyclic) bond motifs is 3. The molecule has 2 aliphatic carbocycles. The second-order valence-electron chi connectivity index (χ2n) is 15.4. The predicted molar refractivity (Wildman–Crippen MR) is 225 cm³/mol. The number of alkyl carbamates (subject to hydrolysis) is 1. The second-order valence-corrected chi connectivity index (χ2v) is 15.8. The van der Waals surface area contributed by atoms with Crippen molar-refractivity contribution >= 4 is 29.6 Å². The maximum Gasteiger partial charge on any atom is 0.407 e. The second kappa shape index (κ2) is 18.2. The largest absolute Gasteiger partial charge is 0.449 e. The van der Waals surface area contributed by atoms with Gasteiger partial charge >= 0.3 is 12.1 Å². The highest BCUT2D eigenvalue weighted by Crippen LogP contribution is 2.46. The van der Waals surface area contributed by atoms with Gasteiger partial charge in [0.05, 0.1) is 0 Å². The molecule has 294 valence electrons. The van der Waals surface area contributed by atoms with Crippen molar-refractivity contribution in [1.82, 2.24) is 10.6 Å². The molecule has 0 bridgehead atoms. The third-order valence-corrected chi connectivity index (χ3v) is 11.9. The normalized spacial score (nSPS) is 16.6. The third kappa shape index (κ3) is 8.79. The van der Waals surface area contributed by atoms with Crippen LogP contribution in [0.3, 0.4) is 0 Å². The van der Waals surface area contributed by atoms with Crippen molar-refractivity contribution in [3.8, 4) is 11.1 Å². The Morgan fingerprint density at radius 2 is 1.19 bits per heavy atom. The van der Waals surface area contributed by atoms with E-state index in [1.807, 2.05) is 84.9 Å². The molecule has 3 atom stereocenters. The number of carbonyl (C=O) groups is 3. The van der Waals surface area contributed by atoms with Crippen LogP contribution >= 0.6 is 11.6 Å². The number of benzene rings is 5. The lowest BCUT2D eigenvalue weighted by Gasteiger charge is -2.37. The monoisotopic (exact) mass is 782 g/mol. The Bertz CT molecular complexity index is 2120. The summed E-state index contributed by atoms with van der Waals surface area (Å²) in [5.74, 6) is -0.867. The molecule has 0 aliphatic heterocycles. The molecule has 0 saturated heterocycles. The molecule has 0 radical (unpaired) electrons. The highest BCUT2D eigenvalue weighted by Gasteiger charge is 2.43. The Morgan fingerprint density at radius 1 is 0.649 bits per heavy atom. The highest BCUT2D eigenvalue weighted by molar-refractivity contribution is 6.31. The molecule has 5 aromatic rings. The molecule has 1 fully saturated rings. The van der Waals surface area contributed by atoms with Gasteiger partial charge < -0.3 is 20.1 Å². The summed E-state index contributed by atoms with van der Waals surface area (Å²) in [6.45, 7) is 3.23. The molecular formula is C49H51ClN2O5. The van der Waals surface area contributed by atoms with Gasteiger partial charge in [-0.05, 0) is 66.5 Å². The summed E-state index contributed by atoms with van der Waals surface area (Å²) < 4.78 is 12.3. The Hall–Kier alpha value is -5.40. The van der Waals surface area contributed by atoms with Crippen molar-refractivity contribution in [2.45, 2.75) is 94.7 Å². The van der Waals surface area contributed by atoms with E-state index in [2.05, 4.69) is 47.0 Å². The van der Waals surface area contributed by atoms with E-state index in [4.69, 9.17) is 21.1 Å². The molecule has 2 N–H and O–H groups in total. The van der Waals surface area contributed by atoms with E-state index in [0.29, 0.717) is 22.1 Å². The van der Waals surface area contributed by atoms with Gasteiger partial charge in [0.25, 0.3) is 0 Å². The minimum atomic E-state index is -1.43. The van der Waals surface area contributed by atoms with Crippen molar-refractivity contribution in [3.05, 3.63) is 166 Å². The molecule has 0 aromatic heterocycles. The van der Waals surface area contributed by atoms with Crippen LogP contribution in [0.25, 0.3) is 11.1 Å². The number of hydrogen-bond acceptors (Lipinski definition) is 5. The lowest BCUT2D eigenvalue weighted by Crippen LogP contribution is -2.51. The molecular weight excluding hydrogens is 732 g/mol. The minimum absolute atomic E-state index is 0.113. The lowest BCUT2D eigenvalue weighted by atomic mass is 9.78. The van der Waals surface area contributed by atoms with E-state index in [9.17, 15) is 14.4 Å². The maximum atomic E-state index is 14.2. The molecule has 1 saturated carbocycles. The first-order chi connectivity index (χ1) is 27.8. The van der Waals surface area contributed by atoms with E-state index >= 15 is 0 Å². The van der Waals surface area contributed by atoms with E-state index in [-0.39, 0.29) is 12.5 Å². The van der Waals surface area contributed by atoms with Gasteiger partial charge in [-0.15, -0.1) is 0 Å². The summed E-state index contributed by atoms with van der Waals surface area (Å²) >= 11 is 6.95. The molecule has 57 heavy (non-hydrogen) atoms. The van der Waals surface area contributed by atoms with Crippen LogP contribution in [-0.2, 0) is 24.7 Å². The number of carbonyl (C=O) groups excluding carboxylic acids is 3. The summed E-state index contributed by atoms with van der Waals surface area (Å²) in [5, 5.41) is 5.82. The topological polar surface area (TPSA) is 93.7 Å². The smallest absolute Gasteiger partial charge is 0.407 e. The first kappa shape index (κ1) is 39.8. The molecule has 1 unspecified atom stereocenters. The first-order valence-corrected chi connectivity index (χ1v) is 20.7. The number of rotatable bonds is 11. The molecule has 0 spiro atoms. The molecule has 0 heterocycles. The molecule has 8 heteroatoms. The van der Waals surface area contributed by atoms with Crippen molar-refractivity contribution < 1.29 is 23.9 Å². The van der Waals surface area contributed by atoms with Gasteiger partial charge in [-0.3, -0.25) is 4.79 Å². The number of amides is 2. The van der Waals surface area contributed by atoms with Crippen LogP contribution < -0.4 is 10.6 Å². The van der Waals surface area contributed by atoms with Gasteiger partial charge in [0.15, 0.2) is 5.60 Å². The molecule has 2 aliphatic rings. The quantitative estimate of drug-likeness (QED) is 0.103. The van der Waals surface area contributed by atoms with Crippen molar-refractivity contribution in [3.63, 3.8) is 0 Å². The SMILES string of the molecule is C[C@H](NC(=O)OCC1c2ccccc2-c2ccccc21)C(=O)N[C@@H](C)C(=O)OC(c1ccccc1)(c1ccc(C2CCCCCCCC2)cc1)c1ccccc1Cl. The van der Waals surface area contributed by atoms with Crippen LogP contribution in [0.4, 0.5) is 4.79 Å². The van der Waals surface area contributed by atoms with Gasteiger partial charge in [-0.2, -0.15) is 0 Å². The maximum absolute atomic E-state index is 14.2. The first-order valence-electron chi connectivity index (χ1n) is 20.3. The van der Waals surface area contributed by atoms with Crippen LogP contribution in [0.5, 0.6) is 0 Å². The van der Waals surface area contributed by atoms with Gasteiger partial charge in [0.2, 0.25) is 5.91 Å². The van der Waals surface area contributed by atoms with Gasteiger partial charge in [0.1, 0.15) is 18.7 Å². The standard InChI is InChI=1S/C49H51ClN2O5/c1-33(52-48(55)56-32-43-41-24-14-12-22-39(41)40-23-13-15-25-42(40)43)46(53)51-34(2)47(54)57-49(37-20-10-7-11-21-37,44-26-16-17-27-45(44)50)38-30-28-36(29-31-38)35-18-8-5-3-4-6-9-19-35/h7,10-17,20-31,33-35,43H,3-6,8-9,18-19,32H2,1-2H3,(H,51,53)(H,52,55)/t33-,34-,49?/m0/s1. The zero-order chi connectivity index (χ0) is 39.8. The summed E-state index contributed by atoms with van der Waals surface area (Å²) in [4.78, 5) is 40.7. The highest BCUT2D eigenvalue weighted by atomic mass is 35.5. The van der Waals surface area contributed by atoms with Crippen molar-refractivity contribution in [2.24, 2.45) is 0 Å². The van der Waals surface area contributed by atoms with Gasteiger partial charge in [-0.1, -0.05) is 171 Å². The number of nitrogens with one attached hydrogen (secondary N) is 2. The van der Waals surface area contributed by atoms with E-state index in [1.54, 1.807) is 19.9 Å². The average molecular weight is 783 g/mol. The number of ether oxygens (including phenoxy) is 2. The van der Waals surface area contributed by atoms with Crippen molar-refractivity contribution in [1.29, 1.82) is 0 Å². The zero-order valence-corrected chi connectivity index (χ0v) is 33.5. The molecule has 7 nitrogen and oxygen atoms in total. The summed E-state index contributed by atoms with van der Waals surface area (Å²) in [5.41, 5.74) is 6.34. The fourth-order valence-corrected chi connectivity index (χ4v) is 8.81. The van der Waals surface area contributed by atoms with E-state index in [0.717, 1.165) is 40.7 Å². The van der Waals surface area contributed by atoms with Crippen LogP contribution in [0, 0.1) is 0 Å². The van der Waals surface area contributed by atoms with Crippen molar-refractivity contribution in [2.75, 3.05) is 6.61 Å². The Labute approximate surface area is 341 Å². The predicted octanol–water partition coefficient (Wildman–Crippen LogP) is 10.8. The average Bonchev–Trinajstić information content (AvgIpc) is 3.63. The Kier molecular flexibility index (Phi) is 12.7. The number of halogens is 1. The van der Waals surface area contributed by atoms with Crippen LogP contribution in [0.2, 0.25) is 5.02 Å². The van der Waals surface area contributed by atoms with E-state index in [1.165, 1.54) is 44.1 Å². The lowest BCUT2D eigenvalue weighted by molar-refractivity contribution is -0.156. The van der Waals surface area contributed by atoms with E-state index < -0.39 is 35.7 Å². The zero-order valence-electron chi connectivity index (χ0n) is 32.7. The summed E-state index contributed by atoms with van der Waals surface area (Å²) in [6, 6.07) is 39.5. The van der Waals surface area contributed by atoms with Crippen LogP contribution in [0.1, 0.15) is 110 Å². The fraction of sp³-hybridized carbons (Fsp3) is 0.327. The summed E-state index contributed by atoms with van der Waals surface area (Å²) in [6.07, 6.45) is 9.20. The van der Waals surface area contributed by atoms with Crippen LogP contribution in [-0.4, -0.2) is 36.7 Å². The summed E-state index contributed by atoms with van der Waals surface area (Å²) in [7, 11) is 0. The number of hydrogen-bond donors (Lipinski definition) is 2. The molecule has 7 rings (SSSR count). The molecule has 5 aromatic carbocycles. The third-order valence-electron chi connectivity index (χ3n) is 11.6. The fourth-order valence-electron chi connectivity index (χ4n) is 8.55. The number of esters is 1. The van der Waals surface area contributed by atoms with Gasteiger partial charge in [-0.25, -0.2) is 9.59 Å². The molecule has 2 amide bonds. The van der Waals surface area contributed by atoms with Gasteiger partial charge in [0, 0.05) is 27.6 Å². The van der Waals surface area contributed by atoms with Crippen LogP contribution in [0.15, 0.2) is 127 Å². The Balaban J connectivity index is 1.07.